The van der Waals surface area contributed by atoms with Crippen LogP contribution < -0.4 is 11.2 Å². The van der Waals surface area contributed by atoms with Crippen LogP contribution in [0.2, 0.25) is 0 Å². The van der Waals surface area contributed by atoms with E-state index < -0.39 is 21.3 Å². The maximum atomic E-state index is 12.4. The van der Waals surface area contributed by atoms with Gasteiger partial charge >= 0.3 is 22.1 Å². The van der Waals surface area contributed by atoms with Crippen molar-refractivity contribution in [3.8, 4) is 11.5 Å². The zero-order valence-electron chi connectivity index (χ0n) is 18.6. The second-order valence-corrected chi connectivity index (χ2v) is 10.2. The number of aromatic nitrogens is 4. The summed E-state index contributed by atoms with van der Waals surface area (Å²) in [5.74, 6) is 0.199. The molecule has 174 valence electrons. The number of carbonyl (C=O) groups is 1. The van der Waals surface area contributed by atoms with Crippen LogP contribution in [0.3, 0.4) is 0 Å². The van der Waals surface area contributed by atoms with E-state index in [0.717, 1.165) is 35.9 Å². The van der Waals surface area contributed by atoms with Crippen molar-refractivity contribution in [3.05, 3.63) is 44.1 Å². The van der Waals surface area contributed by atoms with Crippen molar-refractivity contribution < 1.29 is 17.2 Å². The van der Waals surface area contributed by atoms with Gasteiger partial charge in [0.2, 0.25) is 0 Å². The van der Waals surface area contributed by atoms with E-state index in [1.807, 2.05) is 30.5 Å². The molecule has 3 aliphatic heterocycles. The van der Waals surface area contributed by atoms with Crippen LogP contribution in [0.4, 0.5) is 0 Å². The first kappa shape index (κ1) is 22.9. The Morgan fingerprint density at radius 1 is 1.18 bits per heavy atom. The van der Waals surface area contributed by atoms with Gasteiger partial charge in [0.05, 0.1) is 17.1 Å². The number of nitrogens with zero attached hydrogens (tertiary/aromatic N) is 5. The Bertz CT molecular complexity index is 1470. The summed E-state index contributed by atoms with van der Waals surface area (Å²) in [6, 6.07) is 3.61. The maximum absolute atomic E-state index is 12.4. The molecule has 3 aliphatic rings. The Balaban J connectivity index is 1.77. The normalized spacial score (nSPS) is 17.8. The smallest absolute Gasteiger partial charge is 0.321 e. The number of likely N-dealkylation sites (tertiary alicyclic amines) is 1. The minimum Gasteiger partial charge on any atom is -0.321 e. The van der Waals surface area contributed by atoms with E-state index in [4.69, 9.17) is 0 Å². The van der Waals surface area contributed by atoms with Gasteiger partial charge < -0.3 is 4.57 Å². The molecule has 0 spiro atoms. The highest BCUT2D eigenvalue weighted by molar-refractivity contribution is 7.85. The second kappa shape index (κ2) is 8.60. The summed E-state index contributed by atoms with van der Waals surface area (Å²) in [5.41, 5.74) is 2.16. The minimum atomic E-state index is -3.68. The van der Waals surface area contributed by atoms with E-state index in [0.29, 0.717) is 35.4 Å². The Labute approximate surface area is 189 Å². The Hall–Kier alpha value is -3.25. The number of benzene rings is 1. The standard InChI is InChI=1S/C21H24N6O5S/c1-13-9-16-17(10-14(13)2)27(19-18(22-16)20(29)24-21(30)23-19)8-7-25-6-4-5-15(25)11-26(12-28)33(3,31)32/h9-12,15H,4-8H2,1-3H3/p+1. The van der Waals surface area contributed by atoms with E-state index in [-0.39, 0.29) is 17.6 Å². The number of rotatable bonds is 6. The lowest BCUT2D eigenvalue weighted by atomic mass is 10.1. The molecule has 1 saturated heterocycles. The summed E-state index contributed by atoms with van der Waals surface area (Å²) in [4.78, 5) is 48.4. The van der Waals surface area contributed by atoms with Crippen LogP contribution in [0.25, 0.3) is 22.6 Å². The third-order valence-electron chi connectivity index (χ3n) is 6.06. The van der Waals surface area contributed by atoms with Gasteiger partial charge in [0.25, 0.3) is 5.56 Å². The van der Waals surface area contributed by atoms with Crippen LogP contribution in [0.5, 0.6) is 0 Å². The fraction of sp³-hybridized carbons (Fsp3) is 0.429. The summed E-state index contributed by atoms with van der Waals surface area (Å²) in [5, 5.41) is 0. The average molecular weight is 474 g/mol. The summed E-state index contributed by atoms with van der Waals surface area (Å²) >= 11 is 0. The number of hydrogen-bond acceptors (Lipinski definition) is 8. The Kier molecular flexibility index (Phi) is 5.97. The fourth-order valence-electron chi connectivity index (χ4n) is 4.20. The van der Waals surface area contributed by atoms with Gasteiger partial charge in [-0.15, -0.1) is 0 Å². The number of aryl methyl sites for hydroxylation is 2. The molecular formula is C21H25N6O5S+. The van der Waals surface area contributed by atoms with Gasteiger partial charge in [0.15, 0.2) is 17.7 Å². The summed E-state index contributed by atoms with van der Waals surface area (Å²) < 4.78 is 26.1. The molecule has 3 heterocycles. The molecule has 1 aromatic carbocycles. The van der Waals surface area contributed by atoms with Crippen LogP contribution >= 0.6 is 0 Å². The van der Waals surface area contributed by atoms with Crippen LogP contribution in [0, 0.1) is 13.8 Å². The summed E-state index contributed by atoms with van der Waals surface area (Å²) in [7, 11) is -3.68. The third kappa shape index (κ3) is 4.48. The van der Waals surface area contributed by atoms with Crippen molar-refractivity contribution in [3.63, 3.8) is 0 Å². The second-order valence-electron chi connectivity index (χ2n) is 8.32. The minimum absolute atomic E-state index is 0.0825. The lowest BCUT2D eigenvalue weighted by Gasteiger charge is -2.23. The quantitative estimate of drug-likeness (QED) is 0.226. The molecular weight excluding hydrogens is 448 g/mol. The highest BCUT2D eigenvalue weighted by Gasteiger charge is 2.29. The van der Waals surface area contributed by atoms with Crippen molar-refractivity contribution in [2.45, 2.75) is 39.3 Å². The Morgan fingerprint density at radius 3 is 2.61 bits per heavy atom. The van der Waals surface area contributed by atoms with Crippen molar-refractivity contribution in [2.75, 3.05) is 19.3 Å². The first-order chi connectivity index (χ1) is 15.6. The molecule has 0 saturated carbocycles. The van der Waals surface area contributed by atoms with E-state index in [1.54, 1.807) is 0 Å². The zero-order valence-corrected chi connectivity index (χ0v) is 19.4. The number of aromatic amines is 1. The molecule has 0 aromatic heterocycles. The molecule has 0 radical (unpaired) electrons. The molecule has 33 heavy (non-hydrogen) atoms. The topological polar surface area (TPSA) is 138 Å². The summed E-state index contributed by atoms with van der Waals surface area (Å²) in [6.07, 6.45) is 4.26. The first-order valence-electron chi connectivity index (χ1n) is 10.5. The molecule has 1 amide bonds. The van der Waals surface area contributed by atoms with Crippen molar-refractivity contribution in [1.82, 2.24) is 24.4 Å². The molecule has 12 heteroatoms. The fourth-order valence-corrected chi connectivity index (χ4v) is 4.71. The van der Waals surface area contributed by atoms with Crippen molar-refractivity contribution in [1.29, 1.82) is 0 Å². The van der Waals surface area contributed by atoms with Crippen molar-refractivity contribution >= 4 is 33.7 Å². The number of amides is 1. The van der Waals surface area contributed by atoms with E-state index in [1.165, 1.54) is 6.21 Å². The van der Waals surface area contributed by atoms with Gasteiger partial charge in [-0.2, -0.15) is 13.4 Å². The molecule has 1 aromatic rings. The lowest BCUT2D eigenvalue weighted by molar-refractivity contribution is -0.283. The zero-order chi connectivity index (χ0) is 23.9. The molecule has 11 nitrogen and oxygen atoms in total. The Morgan fingerprint density at radius 2 is 1.91 bits per heavy atom. The van der Waals surface area contributed by atoms with Crippen LogP contribution in [0.1, 0.15) is 24.0 Å². The third-order valence-corrected chi connectivity index (χ3v) is 7.03. The van der Waals surface area contributed by atoms with E-state index in [2.05, 4.69) is 19.9 Å². The predicted octanol–water partition coefficient (Wildman–Crippen LogP) is -0.135. The monoisotopic (exact) mass is 473 g/mol. The van der Waals surface area contributed by atoms with Crippen LogP contribution in [-0.2, 0) is 21.4 Å². The van der Waals surface area contributed by atoms with E-state index >= 15 is 0 Å². The number of hydrogen-bond donors (Lipinski definition) is 1. The van der Waals surface area contributed by atoms with Crippen molar-refractivity contribution in [2.24, 2.45) is 0 Å². The largest absolute Gasteiger partial charge is 0.391 e. The predicted molar refractivity (Wildman–Crippen MR) is 122 cm³/mol. The molecule has 1 N–H and O–H groups in total. The molecule has 0 aliphatic carbocycles. The van der Waals surface area contributed by atoms with Crippen LogP contribution in [0.15, 0.2) is 21.7 Å². The van der Waals surface area contributed by atoms with Gasteiger partial charge in [-0.1, -0.05) is 3.98 Å². The van der Waals surface area contributed by atoms with Gasteiger partial charge in [0.1, 0.15) is 6.26 Å². The summed E-state index contributed by atoms with van der Waals surface area (Å²) in [6.45, 7) is 5.53. The SMILES string of the molecule is Cc1cc2nc3c(=O)[nH]c(=O)nc-3n(CCN3CCCC3C=[N+](C=O)S(C)(=O)=O)c2cc1C. The van der Waals surface area contributed by atoms with Gasteiger partial charge in [-0.25, -0.2) is 14.6 Å². The van der Waals surface area contributed by atoms with Gasteiger partial charge in [0, 0.05) is 13.1 Å². The van der Waals surface area contributed by atoms with E-state index in [9.17, 15) is 22.8 Å². The highest BCUT2D eigenvalue weighted by atomic mass is 32.2. The number of H-pyrrole nitrogens is 1. The molecule has 1 unspecified atom stereocenters. The number of carbonyl (C=O) groups excluding carboxylic acids is 1. The van der Waals surface area contributed by atoms with Crippen LogP contribution in [-0.4, -0.2) is 74.8 Å². The molecule has 1 fully saturated rings. The number of nitrogens with one attached hydrogen (secondary N) is 1. The lowest BCUT2D eigenvalue weighted by Crippen LogP contribution is -2.37. The van der Waals surface area contributed by atoms with Gasteiger partial charge in [-0.3, -0.25) is 14.7 Å². The number of fused-ring (bicyclic) bond motifs is 2. The number of sulfonamides is 1. The maximum Gasteiger partial charge on any atom is 0.391 e. The average Bonchev–Trinajstić information content (AvgIpc) is 3.17. The molecule has 0 bridgehead atoms. The highest BCUT2D eigenvalue weighted by Crippen LogP contribution is 2.24. The van der Waals surface area contributed by atoms with Gasteiger partial charge in [-0.05, 0) is 56.5 Å². The molecule has 1 atom stereocenters. The first-order valence-corrected chi connectivity index (χ1v) is 12.4. The molecule has 4 rings (SSSR count).